The van der Waals surface area contributed by atoms with Gasteiger partial charge in [0.25, 0.3) is 0 Å². The summed E-state index contributed by atoms with van der Waals surface area (Å²) in [5.41, 5.74) is 5.99. The Hall–Kier alpha value is -1.35. The molecule has 0 aliphatic heterocycles. The molecular weight excluding hydrogens is 313 g/mol. The summed E-state index contributed by atoms with van der Waals surface area (Å²) in [5, 5.41) is 2.67. The average molecular weight is 329 g/mol. The SMILES string of the molecule is Cc1c(F)cc(CN)cc1S(=O)(=O)NCCc1nccs1. The highest BCUT2D eigenvalue weighted by molar-refractivity contribution is 7.89. The molecule has 0 atom stereocenters. The van der Waals surface area contributed by atoms with E-state index in [1.807, 2.05) is 5.38 Å². The predicted molar refractivity (Wildman–Crippen MR) is 80.0 cm³/mol. The minimum atomic E-state index is -3.77. The summed E-state index contributed by atoms with van der Waals surface area (Å²) in [6.07, 6.45) is 2.16. The Kier molecular flexibility index (Phi) is 5.04. The molecular formula is C13H16FN3O2S2. The van der Waals surface area contributed by atoms with Gasteiger partial charge < -0.3 is 5.73 Å². The minimum Gasteiger partial charge on any atom is -0.326 e. The van der Waals surface area contributed by atoms with E-state index in [4.69, 9.17) is 5.73 Å². The van der Waals surface area contributed by atoms with Crippen LogP contribution in [-0.2, 0) is 23.0 Å². The van der Waals surface area contributed by atoms with Gasteiger partial charge in [-0.25, -0.2) is 22.5 Å². The molecule has 2 aromatic rings. The Morgan fingerprint density at radius 3 is 2.81 bits per heavy atom. The van der Waals surface area contributed by atoms with Gasteiger partial charge in [0.1, 0.15) is 5.82 Å². The van der Waals surface area contributed by atoms with Crippen LogP contribution in [0.15, 0.2) is 28.6 Å². The molecule has 5 nitrogen and oxygen atoms in total. The van der Waals surface area contributed by atoms with Gasteiger partial charge in [-0.1, -0.05) is 0 Å². The van der Waals surface area contributed by atoms with Gasteiger partial charge in [-0.2, -0.15) is 0 Å². The third-order valence-corrected chi connectivity index (χ3v) is 5.42. The number of nitrogens with zero attached hydrogens (tertiary/aromatic N) is 1. The van der Waals surface area contributed by atoms with Crippen molar-refractivity contribution in [2.45, 2.75) is 24.8 Å². The molecule has 0 bridgehead atoms. The van der Waals surface area contributed by atoms with Gasteiger partial charge in [-0.15, -0.1) is 11.3 Å². The number of benzene rings is 1. The standard InChI is InChI=1S/C13H16FN3O2S2/c1-9-11(14)6-10(8-15)7-12(9)21(18,19)17-3-2-13-16-4-5-20-13/h4-7,17H,2-3,8,15H2,1H3. The Morgan fingerprint density at radius 1 is 1.43 bits per heavy atom. The van der Waals surface area contributed by atoms with Crippen molar-refractivity contribution in [3.63, 3.8) is 0 Å². The maximum Gasteiger partial charge on any atom is 0.240 e. The van der Waals surface area contributed by atoms with Crippen molar-refractivity contribution in [1.82, 2.24) is 9.71 Å². The fraction of sp³-hybridized carbons (Fsp3) is 0.308. The van der Waals surface area contributed by atoms with E-state index in [-0.39, 0.29) is 23.5 Å². The van der Waals surface area contributed by atoms with Crippen molar-refractivity contribution in [3.8, 4) is 0 Å². The first-order chi connectivity index (χ1) is 9.94. The largest absolute Gasteiger partial charge is 0.326 e. The summed E-state index contributed by atoms with van der Waals surface area (Å²) < 4.78 is 40.7. The normalized spacial score (nSPS) is 11.8. The number of hydrogen-bond donors (Lipinski definition) is 2. The van der Waals surface area contributed by atoms with Crippen LogP contribution in [0.1, 0.15) is 16.1 Å². The zero-order valence-corrected chi connectivity index (χ0v) is 13.1. The van der Waals surface area contributed by atoms with Crippen LogP contribution in [0.25, 0.3) is 0 Å². The van der Waals surface area contributed by atoms with Crippen molar-refractivity contribution in [1.29, 1.82) is 0 Å². The summed E-state index contributed by atoms with van der Waals surface area (Å²) in [6, 6.07) is 2.66. The van der Waals surface area contributed by atoms with Crippen LogP contribution in [0.3, 0.4) is 0 Å². The number of hydrogen-bond acceptors (Lipinski definition) is 5. The van der Waals surface area contributed by atoms with Crippen molar-refractivity contribution in [2.75, 3.05) is 6.54 Å². The molecule has 0 spiro atoms. The Labute approximate surface area is 127 Å². The van der Waals surface area contributed by atoms with E-state index in [0.29, 0.717) is 12.0 Å². The number of thiazole rings is 1. The second-order valence-electron chi connectivity index (χ2n) is 4.48. The van der Waals surface area contributed by atoms with Gasteiger partial charge >= 0.3 is 0 Å². The average Bonchev–Trinajstić information content (AvgIpc) is 2.94. The first-order valence-electron chi connectivity index (χ1n) is 6.31. The third kappa shape index (κ3) is 3.85. The van der Waals surface area contributed by atoms with Gasteiger partial charge in [-0.3, -0.25) is 0 Å². The van der Waals surface area contributed by atoms with Gasteiger partial charge in [0.15, 0.2) is 0 Å². The molecule has 114 valence electrons. The number of aromatic nitrogens is 1. The van der Waals surface area contributed by atoms with E-state index in [9.17, 15) is 12.8 Å². The van der Waals surface area contributed by atoms with Crippen LogP contribution in [0.5, 0.6) is 0 Å². The van der Waals surface area contributed by atoms with Crippen LogP contribution in [0.4, 0.5) is 4.39 Å². The van der Waals surface area contributed by atoms with E-state index in [1.165, 1.54) is 30.4 Å². The van der Waals surface area contributed by atoms with E-state index in [1.54, 1.807) is 6.20 Å². The smallest absolute Gasteiger partial charge is 0.240 e. The molecule has 3 N–H and O–H groups in total. The lowest BCUT2D eigenvalue weighted by Crippen LogP contribution is -2.27. The molecule has 0 fully saturated rings. The lowest BCUT2D eigenvalue weighted by atomic mass is 10.1. The van der Waals surface area contributed by atoms with Gasteiger partial charge in [0, 0.05) is 36.7 Å². The first-order valence-corrected chi connectivity index (χ1v) is 8.67. The van der Waals surface area contributed by atoms with Crippen LogP contribution in [0, 0.1) is 12.7 Å². The maximum absolute atomic E-state index is 13.7. The maximum atomic E-state index is 13.7. The highest BCUT2D eigenvalue weighted by Crippen LogP contribution is 2.20. The van der Waals surface area contributed by atoms with E-state index in [2.05, 4.69) is 9.71 Å². The molecule has 0 saturated carbocycles. The van der Waals surface area contributed by atoms with Crippen LogP contribution in [-0.4, -0.2) is 19.9 Å². The number of rotatable bonds is 6. The summed E-state index contributed by atoms with van der Waals surface area (Å²) in [4.78, 5) is 4.01. The van der Waals surface area contributed by atoms with Crippen LogP contribution < -0.4 is 10.5 Å². The third-order valence-electron chi connectivity index (χ3n) is 3.00. The fourth-order valence-corrected chi connectivity index (χ4v) is 3.80. The molecule has 0 radical (unpaired) electrons. The first kappa shape index (κ1) is 16.0. The van der Waals surface area contributed by atoms with Crippen LogP contribution >= 0.6 is 11.3 Å². The molecule has 0 aliphatic carbocycles. The molecule has 0 amide bonds. The second kappa shape index (κ2) is 6.61. The van der Waals surface area contributed by atoms with Crippen LogP contribution in [0.2, 0.25) is 0 Å². The number of sulfonamides is 1. The molecule has 0 aliphatic rings. The quantitative estimate of drug-likeness (QED) is 0.842. The second-order valence-corrected chi connectivity index (χ2v) is 7.19. The Balaban J connectivity index is 2.17. The molecule has 0 unspecified atom stereocenters. The van der Waals surface area contributed by atoms with E-state index in [0.717, 1.165) is 5.01 Å². The number of nitrogens with two attached hydrogens (primary N) is 1. The summed E-state index contributed by atoms with van der Waals surface area (Å²) >= 11 is 1.46. The highest BCUT2D eigenvalue weighted by Gasteiger charge is 2.19. The minimum absolute atomic E-state index is 0.0675. The molecule has 0 saturated heterocycles. The lowest BCUT2D eigenvalue weighted by Gasteiger charge is -2.11. The zero-order chi connectivity index (χ0) is 15.5. The van der Waals surface area contributed by atoms with E-state index < -0.39 is 15.8 Å². The Bertz CT molecular complexity index is 715. The highest BCUT2D eigenvalue weighted by atomic mass is 32.2. The number of halogens is 1. The van der Waals surface area contributed by atoms with Gasteiger partial charge in [-0.05, 0) is 24.6 Å². The van der Waals surface area contributed by atoms with Crippen molar-refractivity contribution in [2.24, 2.45) is 5.73 Å². The summed E-state index contributed by atoms with van der Waals surface area (Å²) in [6.45, 7) is 1.73. The molecule has 1 aromatic heterocycles. The van der Waals surface area contributed by atoms with Gasteiger partial charge in [0.05, 0.1) is 9.90 Å². The molecule has 21 heavy (non-hydrogen) atoms. The molecule has 8 heteroatoms. The lowest BCUT2D eigenvalue weighted by molar-refractivity contribution is 0.573. The van der Waals surface area contributed by atoms with E-state index >= 15 is 0 Å². The van der Waals surface area contributed by atoms with Crippen molar-refractivity contribution < 1.29 is 12.8 Å². The topological polar surface area (TPSA) is 85.1 Å². The Morgan fingerprint density at radius 2 is 2.19 bits per heavy atom. The zero-order valence-electron chi connectivity index (χ0n) is 11.5. The molecule has 2 rings (SSSR count). The van der Waals surface area contributed by atoms with Crippen molar-refractivity contribution in [3.05, 3.63) is 45.7 Å². The molecule has 1 heterocycles. The van der Waals surface area contributed by atoms with Crippen molar-refractivity contribution >= 4 is 21.4 Å². The summed E-state index contributed by atoms with van der Waals surface area (Å²) in [7, 11) is -3.77. The fourth-order valence-electron chi connectivity index (χ4n) is 1.85. The monoisotopic (exact) mass is 329 g/mol. The predicted octanol–water partition coefficient (Wildman–Crippen LogP) is 1.57. The summed E-state index contributed by atoms with van der Waals surface area (Å²) in [5.74, 6) is -0.571. The van der Waals surface area contributed by atoms with Gasteiger partial charge in [0.2, 0.25) is 10.0 Å². The molecule has 1 aromatic carbocycles. The number of nitrogens with one attached hydrogen (secondary N) is 1.